The normalized spacial score (nSPS) is 21.7. The number of carbonyl (C=O) groups is 3. The summed E-state index contributed by atoms with van der Waals surface area (Å²) >= 11 is 0. The largest absolute Gasteiger partial charge is 0.490 e. The molecule has 3 amide bonds. The van der Waals surface area contributed by atoms with Crippen molar-refractivity contribution >= 4 is 23.4 Å². The van der Waals surface area contributed by atoms with E-state index in [0.29, 0.717) is 57.7 Å². The second-order valence-corrected chi connectivity index (χ2v) is 8.95. The maximum absolute atomic E-state index is 12.7. The Morgan fingerprint density at radius 1 is 0.906 bits per heavy atom. The summed E-state index contributed by atoms with van der Waals surface area (Å²) in [7, 11) is 0. The van der Waals surface area contributed by atoms with E-state index in [1.54, 1.807) is 4.90 Å². The average molecular weight is 443 g/mol. The second-order valence-electron chi connectivity index (χ2n) is 8.95. The number of para-hydroxylation sites is 2. The molecule has 4 rings (SSSR count). The summed E-state index contributed by atoms with van der Waals surface area (Å²) in [5.74, 6) is 0.876. The zero-order valence-corrected chi connectivity index (χ0v) is 19.0. The standard InChI is InChI=1S/C24H34N4O4/c1-19-6-4-5-11-27(19)24(31)18-25-12-14-26(15-13-25)22(29)9-10-23(30)28-16-17-32-21-8-3-2-7-20(21)28/h2-3,7-8,19H,4-6,9-18H2,1H3. The molecule has 1 unspecified atom stereocenters. The molecule has 3 aliphatic rings. The van der Waals surface area contributed by atoms with E-state index in [4.69, 9.17) is 4.74 Å². The summed E-state index contributed by atoms with van der Waals surface area (Å²) in [6.07, 6.45) is 3.78. The van der Waals surface area contributed by atoms with Gasteiger partial charge in [-0.2, -0.15) is 0 Å². The van der Waals surface area contributed by atoms with Crippen molar-refractivity contribution in [1.82, 2.24) is 14.7 Å². The summed E-state index contributed by atoms with van der Waals surface area (Å²) in [5, 5.41) is 0. The Kier molecular flexibility index (Phi) is 7.29. The number of rotatable bonds is 5. The molecular formula is C24H34N4O4. The smallest absolute Gasteiger partial charge is 0.236 e. The van der Waals surface area contributed by atoms with Gasteiger partial charge in [-0.15, -0.1) is 0 Å². The fourth-order valence-electron chi connectivity index (χ4n) is 4.84. The van der Waals surface area contributed by atoms with Gasteiger partial charge in [0, 0.05) is 51.6 Å². The minimum atomic E-state index is -0.0472. The summed E-state index contributed by atoms with van der Waals surface area (Å²) in [5.41, 5.74) is 0.775. The van der Waals surface area contributed by atoms with Crippen molar-refractivity contribution in [3.8, 4) is 5.75 Å². The highest BCUT2D eigenvalue weighted by atomic mass is 16.5. The van der Waals surface area contributed by atoms with Crippen molar-refractivity contribution in [3.63, 3.8) is 0 Å². The molecular weight excluding hydrogens is 408 g/mol. The lowest BCUT2D eigenvalue weighted by Crippen LogP contribution is -2.53. The van der Waals surface area contributed by atoms with Crippen LogP contribution >= 0.6 is 0 Å². The van der Waals surface area contributed by atoms with Gasteiger partial charge in [0.25, 0.3) is 0 Å². The number of amides is 3. The highest BCUT2D eigenvalue weighted by Gasteiger charge is 2.28. The van der Waals surface area contributed by atoms with Gasteiger partial charge < -0.3 is 19.4 Å². The maximum atomic E-state index is 12.7. The third-order valence-corrected chi connectivity index (χ3v) is 6.79. The molecule has 0 bridgehead atoms. The van der Waals surface area contributed by atoms with Gasteiger partial charge in [0.15, 0.2) is 0 Å². The zero-order chi connectivity index (χ0) is 22.5. The highest BCUT2D eigenvalue weighted by molar-refractivity contribution is 5.97. The average Bonchev–Trinajstić information content (AvgIpc) is 2.82. The Morgan fingerprint density at radius 3 is 2.44 bits per heavy atom. The lowest BCUT2D eigenvalue weighted by atomic mass is 10.0. The minimum Gasteiger partial charge on any atom is -0.490 e. The van der Waals surface area contributed by atoms with Gasteiger partial charge in [-0.1, -0.05) is 12.1 Å². The van der Waals surface area contributed by atoms with Gasteiger partial charge in [0.2, 0.25) is 17.7 Å². The Labute approximate surface area is 190 Å². The van der Waals surface area contributed by atoms with Crippen molar-refractivity contribution in [3.05, 3.63) is 24.3 Å². The maximum Gasteiger partial charge on any atom is 0.236 e. The zero-order valence-electron chi connectivity index (χ0n) is 19.0. The number of likely N-dealkylation sites (tertiary alicyclic amines) is 1. The first-order chi connectivity index (χ1) is 15.5. The molecule has 0 radical (unpaired) electrons. The van der Waals surface area contributed by atoms with E-state index in [1.165, 1.54) is 6.42 Å². The van der Waals surface area contributed by atoms with Gasteiger partial charge in [-0.3, -0.25) is 19.3 Å². The number of anilines is 1. The third-order valence-electron chi connectivity index (χ3n) is 6.79. The van der Waals surface area contributed by atoms with Crippen molar-refractivity contribution < 1.29 is 19.1 Å². The Morgan fingerprint density at radius 2 is 1.66 bits per heavy atom. The number of fused-ring (bicyclic) bond motifs is 1. The SMILES string of the molecule is CC1CCCCN1C(=O)CN1CCN(C(=O)CCC(=O)N2CCOc3ccccc32)CC1. The first-order valence-electron chi connectivity index (χ1n) is 11.8. The van der Waals surface area contributed by atoms with Crippen LogP contribution in [0.5, 0.6) is 5.75 Å². The third kappa shape index (κ3) is 5.23. The number of hydrogen-bond donors (Lipinski definition) is 0. The molecule has 0 spiro atoms. The molecule has 1 aromatic carbocycles. The molecule has 0 aromatic heterocycles. The first kappa shape index (κ1) is 22.6. The van der Waals surface area contributed by atoms with E-state index in [2.05, 4.69) is 11.8 Å². The molecule has 1 aromatic rings. The number of piperazine rings is 1. The topological polar surface area (TPSA) is 73.4 Å². The number of piperidine rings is 1. The summed E-state index contributed by atoms with van der Waals surface area (Å²) < 4.78 is 5.61. The number of nitrogens with zero attached hydrogens (tertiary/aromatic N) is 4. The predicted molar refractivity (Wildman–Crippen MR) is 122 cm³/mol. The van der Waals surface area contributed by atoms with Crippen molar-refractivity contribution in [2.24, 2.45) is 0 Å². The second kappa shape index (κ2) is 10.3. The highest BCUT2D eigenvalue weighted by Crippen LogP contribution is 2.31. The number of hydrogen-bond acceptors (Lipinski definition) is 5. The van der Waals surface area contributed by atoms with E-state index in [-0.39, 0.29) is 30.6 Å². The van der Waals surface area contributed by atoms with Gasteiger partial charge >= 0.3 is 0 Å². The van der Waals surface area contributed by atoms with Crippen LogP contribution in [0, 0.1) is 0 Å². The molecule has 2 fully saturated rings. The molecule has 2 saturated heterocycles. The molecule has 0 saturated carbocycles. The van der Waals surface area contributed by atoms with Crippen LogP contribution in [0.1, 0.15) is 39.0 Å². The summed E-state index contributed by atoms with van der Waals surface area (Å²) in [6, 6.07) is 7.83. The van der Waals surface area contributed by atoms with Crippen LogP contribution in [-0.2, 0) is 14.4 Å². The van der Waals surface area contributed by atoms with E-state index < -0.39 is 0 Å². The summed E-state index contributed by atoms with van der Waals surface area (Å²) in [6.45, 7) is 7.01. The quantitative estimate of drug-likeness (QED) is 0.695. The molecule has 3 aliphatic heterocycles. The molecule has 32 heavy (non-hydrogen) atoms. The molecule has 0 aliphatic carbocycles. The molecule has 1 atom stereocenters. The van der Waals surface area contributed by atoms with Crippen LogP contribution < -0.4 is 9.64 Å². The monoisotopic (exact) mass is 442 g/mol. The van der Waals surface area contributed by atoms with E-state index in [1.807, 2.05) is 34.1 Å². The van der Waals surface area contributed by atoms with Gasteiger partial charge in [0.1, 0.15) is 12.4 Å². The number of benzene rings is 1. The lowest BCUT2D eigenvalue weighted by molar-refractivity contribution is -0.138. The van der Waals surface area contributed by atoms with Crippen molar-refractivity contribution in [1.29, 1.82) is 0 Å². The molecule has 0 N–H and O–H groups in total. The van der Waals surface area contributed by atoms with E-state index in [0.717, 1.165) is 25.1 Å². The molecule has 8 heteroatoms. The van der Waals surface area contributed by atoms with Crippen molar-refractivity contribution in [2.75, 3.05) is 57.3 Å². The van der Waals surface area contributed by atoms with Crippen LogP contribution in [0.2, 0.25) is 0 Å². The summed E-state index contributed by atoms with van der Waals surface area (Å²) in [4.78, 5) is 45.8. The minimum absolute atomic E-state index is 0.00974. The predicted octanol–water partition coefficient (Wildman–Crippen LogP) is 1.74. The van der Waals surface area contributed by atoms with Gasteiger partial charge in [-0.05, 0) is 38.3 Å². The molecule has 3 heterocycles. The Balaban J connectivity index is 1.20. The van der Waals surface area contributed by atoms with Gasteiger partial charge in [0.05, 0.1) is 18.8 Å². The lowest BCUT2D eigenvalue weighted by Gasteiger charge is -2.38. The molecule has 8 nitrogen and oxygen atoms in total. The molecule has 174 valence electrons. The fraction of sp³-hybridized carbons (Fsp3) is 0.625. The van der Waals surface area contributed by atoms with Crippen LogP contribution in [0.25, 0.3) is 0 Å². The van der Waals surface area contributed by atoms with Gasteiger partial charge in [-0.25, -0.2) is 0 Å². The van der Waals surface area contributed by atoms with E-state index >= 15 is 0 Å². The Bertz CT molecular complexity index is 837. The van der Waals surface area contributed by atoms with Crippen LogP contribution in [0.4, 0.5) is 5.69 Å². The number of ether oxygens (including phenoxy) is 1. The van der Waals surface area contributed by atoms with E-state index in [9.17, 15) is 14.4 Å². The first-order valence-corrected chi connectivity index (χ1v) is 11.8. The van der Waals surface area contributed by atoms with Crippen LogP contribution in [0.3, 0.4) is 0 Å². The van der Waals surface area contributed by atoms with Crippen LogP contribution in [-0.4, -0.2) is 90.9 Å². The Hall–Kier alpha value is -2.61. The van der Waals surface area contributed by atoms with Crippen molar-refractivity contribution in [2.45, 2.75) is 45.1 Å². The number of carbonyl (C=O) groups excluding carboxylic acids is 3. The van der Waals surface area contributed by atoms with Crippen LogP contribution in [0.15, 0.2) is 24.3 Å². The fourth-order valence-corrected chi connectivity index (χ4v) is 4.84.